The summed E-state index contributed by atoms with van der Waals surface area (Å²) in [6, 6.07) is 0. The SMILES string of the molecule is C=C/C=C\c1c(C=C)oc(=C/C=C)/c1=C\C=C. The fourth-order valence-electron chi connectivity index (χ4n) is 1.50. The van der Waals surface area contributed by atoms with Crippen molar-refractivity contribution in [3.8, 4) is 0 Å². The minimum atomic E-state index is 0.726. The molecule has 0 bridgehead atoms. The predicted octanol–water partition coefficient (Wildman–Crippen LogP) is 3.05. The molecule has 0 saturated carbocycles. The van der Waals surface area contributed by atoms with Crippen LogP contribution >= 0.6 is 0 Å². The standard InChI is InChI=1S/C16H16O/c1-5-9-12-14-13(10-6-2)16(11-7-3)17-15(14)8-4/h5-12H,1-4H2/b12-9-,13-10-,16-11+. The summed E-state index contributed by atoms with van der Waals surface area (Å²) in [4.78, 5) is 0. The molecule has 1 aromatic heterocycles. The molecular weight excluding hydrogens is 208 g/mol. The highest BCUT2D eigenvalue weighted by Gasteiger charge is 2.04. The van der Waals surface area contributed by atoms with Crippen LogP contribution in [-0.2, 0) is 0 Å². The van der Waals surface area contributed by atoms with Crippen molar-refractivity contribution in [3.05, 3.63) is 72.6 Å². The van der Waals surface area contributed by atoms with Gasteiger partial charge in [0.2, 0.25) is 0 Å². The number of hydrogen-bond acceptors (Lipinski definition) is 1. The van der Waals surface area contributed by atoms with Gasteiger partial charge in [0.1, 0.15) is 11.2 Å². The quantitative estimate of drug-likeness (QED) is 0.701. The van der Waals surface area contributed by atoms with Crippen molar-refractivity contribution in [1.82, 2.24) is 0 Å². The number of rotatable bonds is 5. The lowest BCUT2D eigenvalue weighted by molar-refractivity contribution is 0.522. The highest BCUT2D eigenvalue weighted by atomic mass is 16.3. The van der Waals surface area contributed by atoms with Crippen LogP contribution in [0.4, 0.5) is 0 Å². The van der Waals surface area contributed by atoms with E-state index in [4.69, 9.17) is 4.42 Å². The third-order valence-electron chi connectivity index (χ3n) is 2.18. The van der Waals surface area contributed by atoms with E-state index in [9.17, 15) is 0 Å². The summed E-state index contributed by atoms with van der Waals surface area (Å²) < 4.78 is 5.68. The molecule has 0 aliphatic carbocycles. The molecule has 17 heavy (non-hydrogen) atoms. The van der Waals surface area contributed by atoms with Crippen molar-refractivity contribution in [2.45, 2.75) is 0 Å². The van der Waals surface area contributed by atoms with Gasteiger partial charge in [-0.25, -0.2) is 0 Å². The average molecular weight is 224 g/mol. The van der Waals surface area contributed by atoms with Crippen LogP contribution < -0.4 is 10.6 Å². The zero-order valence-electron chi connectivity index (χ0n) is 9.86. The highest BCUT2D eigenvalue weighted by molar-refractivity contribution is 5.64. The molecular formula is C16H16O. The van der Waals surface area contributed by atoms with Gasteiger partial charge in [0, 0.05) is 10.8 Å². The van der Waals surface area contributed by atoms with Crippen molar-refractivity contribution in [3.63, 3.8) is 0 Å². The van der Waals surface area contributed by atoms with Crippen LogP contribution in [0, 0.1) is 0 Å². The van der Waals surface area contributed by atoms with E-state index >= 15 is 0 Å². The molecule has 0 saturated heterocycles. The van der Waals surface area contributed by atoms with E-state index in [2.05, 4.69) is 26.3 Å². The third-order valence-corrected chi connectivity index (χ3v) is 2.18. The van der Waals surface area contributed by atoms with Crippen LogP contribution in [0.3, 0.4) is 0 Å². The van der Waals surface area contributed by atoms with E-state index in [0.29, 0.717) is 0 Å². The van der Waals surface area contributed by atoms with Crippen molar-refractivity contribution < 1.29 is 4.42 Å². The Balaban J connectivity index is 3.70. The Morgan fingerprint density at radius 1 is 0.882 bits per heavy atom. The first-order chi connectivity index (χ1) is 8.28. The van der Waals surface area contributed by atoms with Gasteiger partial charge < -0.3 is 4.42 Å². The summed E-state index contributed by atoms with van der Waals surface area (Å²) in [5.74, 6) is 0.726. The Labute approximate surface area is 102 Å². The van der Waals surface area contributed by atoms with Gasteiger partial charge in [-0.05, 0) is 12.2 Å². The maximum absolute atomic E-state index is 5.68. The molecule has 1 nitrogen and oxygen atoms in total. The van der Waals surface area contributed by atoms with E-state index in [0.717, 1.165) is 22.0 Å². The van der Waals surface area contributed by atoms with E-state index < -0.39 is 0 Å². The first-order valence-corrected chi connectivity index (χ1v) is 5.28. The average Bonchev–Trinajstić information content (AvgIpc) is 2.66. The van der Waals surface area contributed by atoms with E-state index in [-0.39, 0.29) is 0 Å². The topological polar surface area (TPSA) is 13.1 Å². The van der Waals surface area contributed by atoms with Gasteiger partial charge in [0.25, 0.3) is 0 Å². The van der Waals surface area contributed by atoms with E-state index in [1.54, 1.807) is 24.3 Å². The number of furan rings is 1. The van der Waals surface area contributed by atoms with E-state index in [1.165, 1.54) is 0 Å². The first-order valence-electron chi connectivity index (χ1n) is 5.28. The molecule has 86 valence electrons. The zero-order valence-corrected chi connectivity index (χ0v) is 9.86. The van der Waals surface area contributed by atoms with Crippen molar-refractivity contribution in [1.29, 1.82) is 0 Å². The second kappa shape index (κ2) is 6.33. The molecule has 1 rings (SSSR count). The molecule has 0 radical (unpaired) electrons. The molecule has 0 amide bonds. The summed E-state index contributed by atoms with van der Waals surface area (Å²) in [5.41, 5.74) is 1.71. The fraction of sp³-hybridized carbons (Fsp3) is 0. The second-order valence-corrected chi connectivity index (χ2v) is 3.26. The molecule has 0 fully saturated rings. The summed E-state index contributed by atoms with van der Waals surface area (Å²) in [7, 11) is 0. The summed E-state index contributed by atoms with van der Waals surface area (Å²) >= 11 is 0. The molecule has 0 aliphatic heterocycles. The summed E-state index contributed by atoms with van der Waals surface area (Å²) in [6.45, 7) is 14.8. The molecule has 1 heterocycles. The maximum Gasteiger partial charge on any atom is 0.135 e. The molecule has 0 unspecified atom stereocenters. The monoisotopic (exact) mass is 224 g/mol. The van der Waals surface area contributed by atoms with Crippen molar-refractivity contribution in [2.75, 3.05) is 0 Å². The predicted molar refractivity (Wildman–Crippen MR) is 76.6 cm³/mol. The van der Waals surface area contributed by atoms with Crippen LogP contribution in [0.1, 0.15) is 11.3 Å². The Morgan fingerprint density at radius 2 is 1.59 bits per heavy atom. The van der Waals surface area contributed by atoms with Crippen LogP contribution in [0.2, 0.25) is 0 Å². The van der Waals surface area contributed by atoms with Gasteiger partial charge in [-0.1, -0.05) is 62.8 Å². The van der Waals surface area contributed by atoms with Crippen molar-refractivity contribution >= 4 is 24.3 Å². The molecule has 1 aromatic rings. The normalized spacial score (nSPS) is 12.9. The third kappa shape index (κ3) is 2.85. The summed E-state index contributed by atoms with van der Waals surface area (Å²) in [6.07, 6.45) is 14.3. The molecule has 1 heteroatoms. The minimum absolute atomic E-state index is 0.726. The van der Waals surface area contributed by atoms with Gasteiger partial charge in [-0.2, -0.15) is 0 Å². The van der Waals surface area contributed by atoms with Crippen LogP contribution in [0.15, 0.2) is 55.0 Å². The number of hydrogen-bond donors (Lipinski definition) is 0. The Hall–Kier alpha value is -2.28. The minimum Gasteiger partial charge on any atom is -0.456 e. The summed E-state index contributed by atoms with van der Waals surface area (Å²) in [5, 5.41) is 0.966. The lowest BCUT2D eigenvalue weighted by atomic mass is 10.1. The molecule has 0 spiro atoms. The lowest BCUT2D eigenvalue weighted by Crippen LogP contribution is -2.20. The zero-order chi connectivity index (χ0) is 12.7. The smallest absolute Gasteiger partial charge is 0.135 e. The Bertz CT molecular complexity index is 580. The van der Waals surface area contributed by atoms with Gasteiger partial charge in [-0.15, -0.1) is 0 Å². The largest absolute Gasteiger partial charge is 0.456 e. The highest BCUT2D eigenvalue weighted by Crippen LogP contribution is 2.06. The number of allylic oxidation sites excluding steroid dienone is 4. The van der Waals surface area contributed by atoms with Gasteiger partial charge in [0.15, 0.2) is 0 Å². The van der Waals surface area contributed by atoms with Gasteiger partial charge in [-0.3, -0.25) is 0 Å². The molecule has 0 atom stereocenters. The molecule has 0 aliphatic rings. The van der Waals surface area contributed by atoms with Crippen molar-refractivity contribution in [2.24, 2.45) is 0 Å². The fourth-order valence-corrected chi connectivity index (χ4v) is 1.50. The van der Waals surface area contributed by atoms with Gasteiger partial charge in [0.05, 0.1) is 0 Å². The first kappa shape index (κ1) is 12.8. The molecule has 0 N–H and O–H groups in total. The second-order valence-electron chi connectivity index (χ2n) is 3.26. The maximum atomic E-state index is 5.68. The lowest BCUT2D eigenvalue weighted by Gasteiger charge is -1.88. The van der Waals surface area contributed by atoms with Crippen LogP contribution in [0.25, 0.3) is 24.3 Å². The Morgan fingerprint density at radius 3 is 2.12 bits per heavy atom. The van der Waals surface area contributed by atoms with E-state index in [1.807, 2.05) is 24.3 Å². The van der Waals surface area contributed by atoms with Crippen LogP contribution in [-0.4, -0.2) is 0 Å². The van der Waals surface area contributed by atoms with Gasteiger partial charge >= 0.3 is 0 Å². The Kier molecular flexibility index (Phi) is 4.77. The molecule has 0 aromatic carbocycles. The van der Waals surface area contributed by atoms with Crippen LogP contribution in [0.5, 0.6) is 0 Å².